The second-order valence-corrected chi connectivity index (χ2v) is 2.41. The van der Waals surface area contributed by atoms with Crippen LogP contribution in [0.1, 0.15) is 0 Å². The molecule has 1 aromatic rings. The smallest absolute Gasteiger partial charge is 0.207 e. The summed E-state index contributed by atoms with van der Waals surface area (Å²) in [7, 11) is -3.02. The number of hydrogen-bond acceptors (Lipinski definition) is 3. The van der Waals surface area contributed by atoms with Crippen molar-refractivity contribution in [1.29, 1.82) is 0 Å². The molecule has 0 aliphatic heterocycles. The van der Waals surface area contributed by atoms with Gasteiger partial charge in [0.15, 0.2) is 29.1 Å². The van der Waals surface area contributed by atoms with Gasteiger partial charge in [-0.2, -0.15) is 0 Å². The monoisotopic (exact) mass is 226 g/mol. The van der Waals surface area contributed by atoms with Crippen LogP contribution in [0.5, 0.6) is 0 Å². The van der Waals surface area contributed by atoms with Crippen LogP contribution in [-0.2, 0) is 4.81 Å². The summed E-state index contributed by atoms with van der Waals surface area (Å²) >= 11 is 0. The molecular formula is C6BF5O3-2. The average molecular weight is 226 g/mol. The molecule has 0 saturated carbocycles. The van der Waals surface area contributed by atoms with Crippen molar-refractivity contribution in [1.82, 2.24) is 0 Å². The van der Waals surface area contributed by atoms with E-state index in [1.807, 2.05) is 0 Å². The van der Waals surface area contributed by atoms with Gasteiger partial charge in [0.25, 0.3) is 0 Å². The lowest BCUT2D eigenvalue weighted by atomic mass is 9.79. The third kappa shape index (κ3) is 1.81. The predicted molar refractivity (Wildman–Crippen MR) is 32.7 cm³/mol. The molecule has 0 atom stereocenters. The first kappa shape index (κ1) is 11.9. The van der Waals surface area contributed by atoms with Crippen molar-refractivity contribution >= 4 is 12.6 Å². The van der Waals surface area contributed by atoms with E-state index in [0.717, 1.165) is 0 Å². The molecule has 1 aromatic carbocycles. The van der Waals surface area contributed by atoms with Gasteiger partial charge < -0.3 is 15.1 Å². The Morgan fingerprint density at radius 2 is 1.13 bits per heavy atom. The van der Waals surface area contributed by atoms with E-state index in [2.05, 4.69) is 4.81 Å². The molecule has 0 saturated heterocycles. The Morgan fingerprint density at radius 1 is 0.800 bits per heavy atom. The average Bonchev–Trinajstić information content (AvgIpc) is 2.23. The highest BCUT2D eigenvalue weighted by Crippen LogP contribution is 2.15. The van der Waals surface area contributed by atoms with Crippen LogP contribution < -0.4 is 15.7 Å². The summed E-state index contributed by atoms with van der Waals surface area (Å²) in [6.07, 6.45) is 0. The Labute approximate surface area is 79.8 Å². The lowest BCUT2D eigenvalue weighted by molar-refractivity contribution is -0.655. The Bertz CT molecular complexity index is 370. The molecule has 82 valence electrons. The number of benzene rings is 1. The van der Waals surface area contributed by atoms with Crippen LogP contribution in [0.15, 0.2) is 0 Å². The van der Waals surface area contributed by atoms with Gasteiger partial charge in [-0.25, -0.2) is 22.0 Å². The molecule has 0 fully saturated rings. The van der Waals surface area contributed by atoms with E-state index in [-0.39, 0.29) is 0 Å². The lowest BCUT2D eigenvalue weighted by Crippen LogP contribution is -2.53. The molecule has 15 heavy (non-hydrogen) atoms. The van der Waals surface area contributed by atoms with Crippen LogP contribution in [0.25, 0.3) is 0 Å². The zero-order valence-electron chi connectivity index (χ0n) is 6.69. The summed E-state index contributed by atoms with van der Waals surface area (Å²) in [6.45, 7) is 0. The summed E-state index contributed by atoms with van der Waals surface area (Å²) in [4.78, 5) is 2.71. The van der Waals surface area contributed by atoms with Crippen LogP contribution in [0.2, 0.25) is 0 Å². The molecule has 0 bridgehead atoms. The van der Waals surface area contributed by atoms with Gasteiger partial charge in [-0.15, -0.1) is 0 Å². The first-order chi connectivity index (χ1) is 6.91. The molecule has 0 amide bonds. The summed E-state index contributed by atoms with van der Waals surface area (Å²) in [6, 6.07) is 0. The van der Waals surface area contributed by atoms with Gasteiger partial charge >= 0.3 is 0 Å². The SMILES string of the molecule is [O-]OB([O-])c1c(F)c(F)c(F)c(F)c1F. The van der Waals surface area contributed by atoms with Gasteiger partial charge in [-0.1, -0.05) is 0 Å². The fourth-order valence-corrected chi connectivity index (χ4v) is 0.877. The standard InChI is InChI=1S/C6HBF5O3/c8-2-1(7(13)15-14)3(9)5(11)6(12)4(2)10/h14H/q-1/p-1. The lowest BCUT2D eigenvalue weighted by Gasteiger charge is -2.24. The molecule has 0 unspecified atom stereocenters. The van der Waals surface area contributed by atoms with E-state index in [1.54, 1.807) is 0 Å². The largest absolute Gasteiger partial charge is 0.853 e. The minimum atomic E-state index is -3.02. The summed E-state index contributed by atoms with van der Waals surface area (Å²) in [5.74, 6) is -11.8. The summed E-state index contributed by atoms with van der Waals surface area (Å²) in [5.41, 5.74) is -1.83. The Hall–Kier alpha value is -1.19. The van der Waals surface area contributed by atoms with E-state index >= 15 is 0 Å². The van der Waals surface area contributed by atoms with Crippen LogP contribution in [0.3, 0.4) is 0 Å². The highest BCUT2D eigenvalue weighted by molar-refractivity contribution is 6.58. The summed E-state index contributed by atoms with van der Waals surface area (Å²) in [5, 5.41) is 20.0. The first-order valence-electron chi connectivity index (χ1n) is 3.37. The van der Waals surface area contributed by atoms with E-state index in [0.29, 0.717) is 0 Å². The fraction of sp³-hybridized carbons (Fsp3) is 0. The maximum absolute atomic E-state index is 12.7. The molecule has 0 aliphatic carbocycles. The highest BCUT2D eigenvalue weighted by atomic mass is 19.2. The van der Waals surface area contributed by atoms with Crippen molar-refractivity contribution in [3.05, 3.63) is 29.1 Å². The number of rotatable bonds is 2. The van der Waals surface area contributed by atoms with Crippen LogP contribution in [0, 0.1) is 29.1 Å². The molecular weight excluding hydrogens is 226 g/mol. The minimum Gasteiger partial charge on any atom is -0.853 e. The van der Waals surface area contributed by atoms with Crippen molar-refractivity contribution in [2.45, 2.75) is 0 Å². The van der Waals surface area contributed by atoms with Gasteiger partial charge in [0.2, 0.25) is 7.12 Å². The highest BCUT2D eigenvalue weighted by Gasteiger charge is 2.26. The molecule has 0 radical (unpaired) electrons. The Balaban J connectivity index is 3.52. The normalized spacial score (nSPS) is 10.6. The third-order valence-corrected chi connectivity index (χ3v) is 1.57. The van der Waals surface area contributed by atoms with Crippen LogP contribution in [0.4, 0.5) is 22.0 Å². The Kier molecular flexibility index (Phi) is 3.27. The fourth-order valence-electron chi connectivity index (χ4n) is 0.877. The second kappa shape index (κ2) is 4.13. The minimum absolute atomic E-state index is 1.83. The van der Waals surface area contributed by atoms with Gasteiger partial charge in [0.1, 0.15) is 0 Å². The van der Waals surface area contributed by atoms with Crippen molar-refractivity contribution in [3.63, 3.8) is 0 Å². The van der Waals surface area contributed by atoms with E-state index < -0.39 is 41.7 Å². The maximum Gasteiger partial charge on any atom is 0.207 e. The molecule has 0 aromatic heterocycles. The Morgan fingerprint density at radius 3 is 1.47 bits per heavy atom. The topological polar surface area (TPSA) is 55.3 Å². The zero-order valence-corrected chi connectivity index (χ0v) is 6.69. The van der Waals surface area contributed by atoms with E-state index in [4.69, 9.17) is 0 Å². The third-order valence-electron chi connectivity index (χ3n) is 1.57. The molecule has 0 N–H and O–H groups in total. The van der Waals surface area contributed by atoms with Crippen LogP contribution in [-0.4, -0.2) is 7.12 Å². The molecule has 0 aliphatic rings. The van der Waals surface area contributed by atoms with Crippen molar-refractivity contribution < 1.29 is 37.0 Å². The zero-order chi connectivity index (χ0) is 11.7. The van der Waals surface area contributed by atoms with Crippen molar-refractivity contribution in [2.75, 3.05) is 0 Å². The van der Waals surface area contributed by atoms with Crippen LogP contribution >= 0.6 is 0 Å². The van der Waals surface area contributed by atoms with Gasteiger partial charge in [-0.05, 0) is 0 Å². The summed E-state index contributed by atoms with van der Waals surface area (Å²) < 4.78 is 62.7. The molecule has 9 heteroatoms. The van der Waals surface area contributed by atoms with E-state index in [9.17, 15) is 32.2 Å². The number of halogens is 5. The second-order valence-electron chi connectivity index (χ2n) is 2.41. The van der Waals surface area contributed by atoms with Gasteiger partial charge in [0, 0.05) is 5.46 Å². The van der Waals surface area contributed by atoms with Crippen molar-refractivity contribution in [2.24, 2.45) is 0 Å². The maximum atomic E-state index is 12.7. The molecule has 0 spiro atoms. The van der Waals surface area contributed by atoms with Crippen molar-refractivity contribution in [3.8, 4) is 0 Å². The van der Waals surface area contributed by atoms with E-state index in [1.165, 1.54) is 0 Å². The molecule has 3 nitrogen and oxygen atoms in total. The van der Waals surface area contributed by atoms with Gasteiger partial charge in [-0.3, -0.25) is 0 Å². The molecule has 1 rings (SSSR count). The molecule has 0 heterocycles. The quantitative estimate of drug-likeness (QED) is 0.158. The predicted octanol–water partition coefficient (Wildman–Crippen LogP) is -1.27. The number of hydrogen-bond donors (Lipinski definition) is 0. The first-order valence-corrected chi connectivity index (χ1v) is 3.37. The van der Waals surface area contributed by atoms with Gasteiger partial charge in [0.05, 0.1) is 0 Å².